The zero-order valence-electron chi connectivity index (χ0n) is 11.6. The highest BCUT2D eigenvalue weighted by molar-refractivity contribution is 9.10. The number of hydrogen-bond acceptors (Lipinski definition) is 3. The lowest BCUT2D eigenvalue weighted by Gasteiger charge is -2.25. The second-order valence-corrected chi connectivity index (χ2v) is 5.36. The quantitative estimate of drug-likeness (QED) is 0.830. The summed E-state index contributed by atoms with van der Waals surface area (Å²) in [5.74, 6) is -0.769. The second kappa shape index (κ2) is 6.65. The molecule has 0 bridgehead atoms. The van der Waals surface area contributed by atoms with Crippen molar-refractivity contribution in [1.29, 1.82) is 0 Å². The highest BCUT2D eigenvalue weighted by Gasteiger charge is 2.32. The van der Waals surface area contributed by atoms with Gasteiger partial charge in [-0.05, 0) is 47.0 Å². The Hall–Kier alpha value is -1.28. The molecule has 118 valence electrons. The molecule has 0 atom stereocenters. The molecular weight excluding hydrogens is 353 g/mol. The van der Waals surface area contributed by atoms with Crippen molar-refractivity contribution in [2.75, 3.05) is 5.32 Å². The van der Waals surface area contributed by atoms with Crippen molar-refractivity contribution in [2.45, 2.75) is 38.6 Å². The molecular formula is C13H16BrF3N2O2. The molecule has 0 spiro atoms. The monoisotopic (exact) mass is 368 g/mol. The minimum absolute atomic E-state index is 0.0771. The Morgan fingerprint density at radius 2 is 1.90 bits per heavy atom. The Labute approximate surface area is 129 Å². The van der Waals surface area contributed by atoms with E-state index in [9.17, 15) is 18.0 Å². The average molecular weight is 369 g/mol. The molecule has 8 heteroatoms. The number of alkyl halides is 3. The van der Waals surface area contributed by atoms with E-state index in [1.54, 1.807) is 13.8 Å². The normalized spacial score (nSPS) is 12.1. The Kier molecular flexibility index (Phi) is 5.63. The minimum Gasteiger partial charge on any atom is -0.405 e. The topological polar surface area (TPSA) is 64.4 Å². The van der Waals surface area contributed by atoms with E-state index < -0.39 is 11.9 Å². The van der Waals surface area contributed by atoms with Crippen LogP contribution in [0.3, 0.4) is 0 Å². The molecule has 0 aliphatic heterocycles. The number of anilines is 1. The van der Waals surface area contributed by atoms with Crippen LogP contribution in [0, 0.1) is 0 Å². The van der Waals surface area contributed by atoms with Crippen LogP contribution in [0.5, 0.6) is 5.75 Å². The molecule has 1 aromatic carbocycles. The van der Waals surface area contributed by atoms with Crippen molar-refractivity contribution in [2.24, 2.45) is 5.73 Å². The van der Waals surface area contributed by atoms with E-state index in [0.717, 1.165) is 6.07 Å². The van der Waals surface area contributed by atoms with Crippen LogP contribution < -0.4 is 15.8 Å². The first kappa shape index (κ1) is 17.8. The van der Waals surface area contributed by atoms with Crippen molar-refractivity contribution in [3.8, 4) is 5.75 Å². The SMILES string of the molecule is CCC(N)(CC)C(=O)Nc1ccc(OC(F)(F)F)c(Br)c1. The lowest BCUT2D eigenvalue weighted by Crippen LogP contribution is -2.50. The molecule has 0 saturated carbocycles. The van der Waals surface area contributed by atoms with Crippen molar-refractivity contribution < 1.29 is 22.7 Å². The highest BCUT2D eigenvalue weighted by Crippen LogP contribution is 2.32. The molecule has 0 aromatic heterocycles. The Bertz CT molecular complexity index is 517. The number of halogens is 4. The average Bonchev–Trinajstić information content (AvgIpc) is 2.39. The summed E-state index contributed by atoms with van der Waals surface area (Å²) in [6, 6.07) is 3.75. The molecule has 0 aliphatic rings. The smallest absolute Gasteiger partial charge is 0.405 e. The van der Waals surface area contributed by atoms with E-state index in [2.05, 4.69) is 26.0 Å². The molecule has 1 amide bonds. The molecule has 1 aromatic rings. The van der Waals surface area contributed by atoms with Gasteiger partial charge in [0.05, 0.1) is 10.0 Å². The second-order valence-electron chi connectivity index (χ2n) is 4.51. The van der Waals surface area contributed by atoms with Crippen LogP contribution in [0.15, 0.2) is 22.7 Å². The van der Waals surface area contributed by atoms with Crippen LogP contribution in [0.1, 0.15) is 26.7 Å². The fourth-order valence-electron chi connectivity index (χ4n) is 1.61. The first-order valence-corrected chi connectivity index (χ1v) is 7.06. The van der Waals surface area contributed by atoms with Crippen LogP contribution in [-0.2, 0) is 4.79 Å². The summed E-state index contributed by atoms with van der Waals surface area (Å²) in [5, 5.41) is 2.58. The maximum atomic E-state index is 12.2. The Morgan fingerprint density at radius 3 is 2.33 bits per heavy atom. The summed E-state index contributed by atoms with van der Waals surface area (Å²) >= 11 is 2.97. The lowest BCUT2D eigenvalue weighted by molar-refractivity contribution is -0.274. The van der Waals surface area contributed by atoms with Crippen LogP contribution >= 0.6 is 15.9 Å². The molecule has 0 saturated heterocycles. The van der Waals surface area contributed by atoms with Crippen LogP contribution in [0.25, 0.3) is 0 Å². The van der Waals surface area contributed by atoms with Gasteiger partial charge in [0, 0.05) is 5.69 Å². The first-order chi connectivity index (χ1) is 9.61. The largest absolute Gasteiger partial charge is 0.573 e. The van der Waals surface area contributed by atoms with Gasteiger partial charge in [-0.15, -0.1) is 13.2 Å². The highest BCUT2D eigenvalue weighted by atomic mass is 79.9. The number of carbonyl (C=O) groups excluding carboxylic acids is 1. The van der Waals surface area contributed by atoms with E-state index in [-0.39, 0.29) is 16.1 Å². The predicted octanol–water partition coefficient (Wildman–Crippen LogP) is 3.80. The van der Waals surface area contributed by atoms with Gasteiger partial charge in [0.2, 0.25) is 5.91 Å². The van der Waals surface area contributed by atoms with Crippen LogP contribution in [0.4, 0.5) is 18.9 Å². The summed E-state index contributed by atoms with van der Waals surface area (Å²) in [6.45, 7) is 3.58. The number of ether oxygens (including phenoxy) is 1. The molecule has 1 rings (SSSR count). The maximum absolute atomic E-state index is 12.2. The zero-order chi connectivity index (χ0) is 16.3. The molecule has 3 N–H and O–H groups in total. The summed E-state index contributed by atoms with van der Waals surface area (Å²) < 4.78 is 40.3. The maximum Gasteiger partial charge on any atom is 0.573 e. The van der Waals surface area contributed by atoms with Gasteiger partial charge in [0.1, 0.15) is 5.75 Å². The Balaban J connectivity index is 2.88. The molecule has 21 heavy (non-hydrogen) atoms. The number of nitrogens with two attached hydrogens (primary N) is 1. The van der Waals surface area contributed by atoms with E-state index in [1.165, 1.54) is 12.1 Å². The third-order valence-electron chi connectivity index (χ3n) is 3.13. The van der Waals surface area contributed by atoms with Crippen molar-refractivity contribution in [3.05, 3.63) is 22.7 Å². The first-order valence-electron chi connectivity index (χ1n) is 6.27. The third kappa shape index (κ3) is 4.89. The number of carbonyl (C=O) groups is 1. The summed E-state index contributed by atoms with van der Waals surface area (Å²) in [5.41, 5.74) is 5.27. The summed E-state index contributed by atoms with van der Waals surface area (Å²) in [6.07, 6.45) is -3.87. The fourth-order valence-corrected chi connectivity index (χ4v) is 2.07. The van der Waals surface area contributed by atoms with Crippen LogP contribution in [0.2, 0.25) is 0 Å². The molecule has 4 nitrogen and oxygen atoms in total. The van der Waals surface area contributed by atoms with E-state index in [4.69, 9.17) is 5.73 Å². The van der Waals surface area contributed by atoms with Gasteiger partial charge >= 0.3 is 6.36 Å². The molecule has 0 heterocycles. The number of benzene rings is 1. The van der Waals surface area contributed by atoms with Crippen molar-refractivity contribution in [3.63, 3.8) is 0 Å². The van der Waals surface area contributed by atoms with Gasteiger partial charge in [-0.2, -0.15) is 0 Å². The van der Waals surface area contributed by atoms with Gasteiger partial charge < -0.3 is 15.8 Å². The third-order valence-corrected chi connectivity index (χ3v) is 3.75. The van der Waals surface area contributed by atoms with Gasteiger partial charge in [0.25, 0.3) is 0 Å². The van der Waals surface area contributed by atoms with E-state index >= 15 is 0 Å². The number of rotatable bonds is 5. The standard InChI is InChI=1S/C13H16BrF3N2O2/c1-3-12(18,4-2)11(20)19-8-5-6-10(9(14)7-8)21-13(15,16)17/h5-7H,3-4,18H2,1-2H3,(H,19,20). The summed E-state index contributed by atoms with van der Waals surface area (Å²) in [4.78, 5) is 12.1. The van der Waals surface area contributed by atoms with Gasteiger partial charge in [0.15, 0.2) is 0 Å². The van der Waals surface area contributed by atoms with Crippen molar-refractivity contribution >= 4 is 27.5 Å². The van der Waals surface area contributed by atoms with E-state index in [0.29, 0.717) is 18.5 Å². The number of hydrogen-bond donors (Lipinski definition) is 2. The summed E-state index contributed by atoms with van der Waals surface area (Å²) in [7, 11) is 0. The molecule has 0 aliphatic carbocycles. The fraction of sp³-hybridized carbons (Fsp3) is 0.462. The van der Waals surface area contributed by atoms with Gasteiger partial charge in [-0.25, -0.2) is 0 Å². The molecule has 0 fully saturated rings. The molecule has 0 unspecified atom stereocenters. The zero-order valence-corrected chi connectivity index (χ0v) is 13.1. The lowest BCUT2D eigenvalue weighted by atomic mass is 9.93. The van der Waals surface area contributed by atoms with Gasteiger partial charge in [-0.1, -0.05) is 13.8 Å². The van der Waals surface area contributed by atoms with Crippen LogP contribution in [-0.4, -0.2) is 17.8 Å². The number of amides is 1. The number of nitrogens with one attached hydrogen (secondary N) is 1. The van der Waals surface area contributed by atoms with Gasteiger partial charge in [-0.3, -0.25) is 4.79 Å². The minimum atomic E-state index is -4.77. The Morgan fingerprint density at radius 1 is 1.33 bits per heavy atom. The van der Waals surface area contributed by atoms with Crippen molar-refractivity contribution in [1.82, 2.24) is 0 Å². The van der Waals surface area contributed by atoms with E-state index in [1.807, 2.05) is 0 Å². The molecule has 0 radical (unpaired) electrons. The predicted molar refractivity (Wildman–Crippen MR) is 77.0 cm³/mol.